The van der Waals surface area contributed by atoms with Crippen LogP contribution in [0.15, 0.2) is 24.3 Å². The SMILES string of the molecule is Cc1cc2c(C(C)C)cc(C(C)C)cc2[cH-]1.[CH2-]CCC.[CH2-]CCC.[Zr+3]. The first kappa shape index (κ1) is 26.9. The zero-order valence-electron chi connectivity index (χ0n) is 17.7. The number of rotatable bonds is 4. The Balaban J connectivity index is 0. The van der Waals surface area contributed by atoms with E-state index in [1.54, 1.807) is 0 Å². The molecule has 0 bridgehead atoms. The van der Waals surface area contributed by atoms with E-state index < -0.39 is 0 Å². The fourth-order valence-electron chi connectivity index (χ4n) is 2.33. The zero-order chi connectivity index (χ0) is 18.7. The summed E-state index contributed by atoms with van der Waals surface area (Å²) in [5.41, 5.74) is 4.33. The van der Waals surface area contributed by atoms with Crippen molar-refractivity contribution in [2.45, 2.75) is 86.0 Å². The third kappa shape index (κ3) is 9.84. The van der Waals surface area contributed by atoms with E-state index in [1.807, 2.05) is 0 Å². The molecule has 0 atom stereocenters. The topological polar surface area (TPSA) is 0 Å². The monoisotopic (exact) mass is 417 g/mol. The van der Waals surface area contributed by atoms with Crippen molar-refractivity contribution in [3.05, 3.63) is 54.8 Å². The number of hydrogen-bond donors (Lipinski definition) is 0. The number of benzene rings is 1. The predicted molar refractivity (Wildman–Crippen MR) is 113 cm³/mol. The van der Waals surface area contributed by atoms with Crippen LogP contribution in [0.1, 0.15) is 95.8 Å². The largest absolute Gasteiger partial charge is 3.00 e. The molecule has 0 spiro atoms. The fraction of sp³-hybridized carbons (Fsp3) is 0.542. The second kappa shape index (κ2) is 14.8. The Bertz CT molecular complexity index is 553. The van der Waals surface area contributed by atoms with Gasteiger partial charge < -0.3 is 13.8 Å². The molecule has 0 aliphatic heterocycles. The summed E-state index contributed by atoms with van der Waals surface area (Å²) in [7, 11) is 0. The van der Waals surface area contributed by atoms with Crippen molar-refractivity contribution in [3.8, 4) is 0 Å². The standard InChI is InChI=1S/C16H21.2C4H9.Zr/c1-10(2)13-8-14-6-12(5)7-16(14)15(9-13)11(3)4;2*1-3-4-2;/h6-11H,1-5H3;2*1,3-4H2,2H3;/q3*-1;+3. The van der Waals surface area contributed by atoms with Crippen molar-refractivity contribution >= 4 is 10.8 Å². The van der Waals surface area contributed by atoms with Crippen LogP contribution in [0, 0.1) is 20.8 Å². The maximum Gasteiger partial charge on any atom is 3.00 e. The normalized spacial score (nSPS) is 10.0. The van der Waals surface area contributed by atoms with E-state index in [9.17, 15) is 0 Å². The first-order valence-electron chi connectivity index (χ1n) is 9.61. The Morgan fingerprint density at radius 2 is 1.36 bits per heavy atom. The molecule has 0 fully saturated rings. The number of aryl methyl sites for hydroxylation is 1. The van der Waals surface area contributed by atoms with E-state index in [-0.39, 0.29) is 26.2 Å². The Morgan fingerprint density at radius 3 is 1.72 bits per heavy atom. The van der Waals surface area contributed by atoms with Gasteiger partial charge in [-0.2, -0.15) is 18.9 Å². The van der Waals surface area contributed by atoms with Crippen LogP contribution in [0.5, 0.6) is 0 Å². The van der Waals surface area contributed by atoms with Gasteiger partial charge in [-0.05, 0) is 11.8 Å². The summed E-state index contributed by atoms with van der Waals surface area (Å²) in [5.74, 6) is 1.21. The molecule has 1 radical (unpaired) electrons. The molecule has 2 aromatic carbocycles. The number of fused-ring (bicyclic) bond motifs is 1. The van der Waals surface area contributed by atoms with Gasteiger partial charge in [0.2, 0.25) is 0 Å². The molecule has 1 heteroatoms. The van der Waals surface area contributed by atoms with Gasteiger partial charge in [-0.1, -0.05) is 78.5 Å². The van der Waals surface area contributed by atoms with Gasteiger partial charge in [0.15, 0.2) is 0 Å². The van der Waals surface area contributed by atoms with Gasteiger partial charge in [0.1, 0.15) is 0 Å². The Hall–Kier alpha value is -0.287. The molecule has 0 saturated heterocycles. The Kier molecular flexibility index (Phi) is 16.0. The van der Waals surface area contributed by atoms with E-state index in [0.29, 0.717) is 11.8 Å². The quantitative estimate of drug-likeness (QED) is 0.437. The summed E-state index contributed by atoms with van der Waals surface area (Å²) in [6.07, 6.45) is 4.56. The molecular formula is C24H39Zr. The number of hydrogen-bond acceptors (Lipinski definition) is 0. The average Bonchev–Trinajstić information content (AvgIpc) is 2.94. The Labute approximate surface area is 177 Å². The third-order valence-electron chi connectivity index (χ3n) is 4.02. The summed E-state index contributed by atoms with van der Waals surface area (Å²) in [6, 6.07) is 9.35. The van der Waals surface area contributed by atoms with Gasteiger partial charge >= 0.3 is 26.2 Å². The van der Waals surface area contributed by atoms with Crippen LogP contribution in [-0.2, 0) is 26.2 Å². The van der Waals surface area contributed by atoms with E-state index in [0.717, 1.165) is 12.8 Å². The van der Waals surface area contributed by atoms with Crippen LogP contribution in [0.25, 0.3) is 10.8 Å². The Morgan fingerprint density at radius 1 is 0.880 bits per heavy atom. The molecule has 0 aromatic heterocycles. The van der Waals surface area contributed by atoms with Gasteiger partial charge in [0.05, 0.1) is 0 Å². The average molecular weight is 419 g/mol. The third-order valence-corrected chi connectivity index (χ3v) is 4.02. The van der Waals surface area contributed by atoms with Crippen LogP contribution in [0.4, 0.5) is 0 Å². The summed E-state index contributed by atoms with van der Waals surface area (Å²) < 4.78 is 0. The molecule has 25 heavy (non-hydrogen) atoms. The van der Waals surface area contributed by atoms with E-state index >= 15 is 0 Å². The van der Waals surface area contributed by atoms with Crippen molar-refractivity contribution < 1.29 is 26.2 Å². The van der Waals surface area contributed by atoms with Gasteiger partial charge in [0, 0.05) is 0 Å². The summed E-state index contributed by atoms with van der Waals surface area (Å²) in [5, 5.41) is 2.85. The maximum absolute atomic E-state index is 3.60. The van der Waals surface area contributed by atoms with Crippen LogP contribution in [-0.4, -0.2) is 0 Å². The van der Waals surface area contributed by atoms with Gasteiger partial charge in [-0.25, -0.2) is 0 Å². The van der Waals surface area contributed by atoms with Crippen LogP contribution >= 0.6 is 0 Å². The van der Waals surface area contributed by atoms with Crippen molar-refractivity contribution in [1.82, 2.24) is 0 Å². The molecule has 0 saturated carbocycles. The molecule has 139 valence electrons. The fourth-order valence-corrected chi connectivity index (χ4v) is 2.33. The first-order valence-corrected chi connectivity index (χ1v) is 9.61. The van der Waals surface area contributed by atoms with E-state index in [1.165, 1.54) is 40.3 Å². The summed E-state index contributed by atoms with van der Waals surface area (Å²) in [4.78, 5) is 0. The van der Waals surface area contributed by atoms with Crippen molar-refractivity contribution in [2.24, 2.45) is 0 Å². The molecule has 0 heterocycles. The minimum Gasteiger partial charge on any atom is -0.343 e. The summed E-state index contributed by atoms with van der Waals surface area (Å²) >= 11 is 0. The second-order valence-electron chi connectivity index (χ2n) is 7.16. The van der Waals surface area contributed by atoms with Crippen LogP contribution in [0.3, 0.4) is 0 Å². The van der Waals surface area contributed by atoms with Crippen molar-refractivity contribution in [2.75, 3.05) is 0 Å². The molecule has 2 rings (SSSR count). The van der Waals surface area contributed by atoms with Gasteiger partial charge in [-0.3, -0.25) is 0 Å². The molecule has 2 aromatic rings. The molecule has 0 unspecified atom stereocenters. The predicted octanol–water partition coefficient (Wildman–Crippen LogP) is 8.35. The molecule has 0 N–H and O–H groups in total. The van der Waals surface area contributed by atoms with Gasteiger partial charge in [-0.15, -0.1) is 28.5 Å². The van der Waals surface area contributed by atoms with Gasteiger partial charge in [0.25, 0.3) is 0 Å². The van der Waals surface area contributed by atoms with Crippen LogP contribution in [0.2, 0.25) is 0 Å². The number of unbranched alkanes of at least 4 members (excludes halogenated alkanes) is 2. The molecule has 0 amide bonds. The van der Waals surface area contributed by atoms with E-state index in [4.69, 9.17) is 0 Å². The smallest absolute Gasteiger partial charge is 0.343 e. The zero-order valence-corrected chi connectivity index (χ0v) is 20.2. The van der Waals surface area contributed by atoms with E-state index in [2.05, 4.69) is 86.6 Å². The molecule has 0 aliphatic carbocycles. The minimum atomic E-state index is 0. The second-order valence-corrected chi connectivity index (χ2v) is 7.16. The minimum absolute atomic E-state index is 0. The molecule has 0 aliphatic rings. The maximum atomic E-state index is 3.60. The van der Waals surface area contributed by atoms with Crippen molar-refractivity contribution in [1.29, 1.82) is 0 Å². The summed E-state index contributed by atoms with van der Waals surface area (Å²) in [6.45, 7) is 22.7. The van der Waals surface area contributed by atoms with Crippen molar-refractivity contribution in [3.63, 3.8) is 0 Å². The van der Waals surface area contributed by atoms with Crippen LogP contribution < -0.4 is 0 Å². The molecule has 0 nitrogen and oxygen atoms in total. The molecular weight excluding hydrogens is 379 g/mol. The first-order chi connectivity index (χ1) is 11.3.